The molecule has 2 nitrogen and oxygen atoms in total. The van der Waals surface area contributed by atoms with Crippen molar-refractivity contribution in [1.82, 2.24) is 5.32 Å². The molecule has 0 amide bonds. The van der Waals surface area contributed by atoms with Crippen LogP contribution in [0.1, 0.15) is 17.9 Å². The summed E-state index contributed by atoms with van der Waals surface area (Å²) in [4.78, 5) is 0. The molecule has 3 N–H and O–H groups in total. The van der Waals surface area contributed by atoms with Crippen molar-refractivity contribution in [2.24, 2.45) is 11.7 Å². The van der Waals surface area contributed by atoms with Gasteiger partial charge in [0, 0.05) is 0 Å². The Bertz CT molecular complexity index is 271. The van der Waals surface area contributed by atoms with Gasteiger partial charge in [0.1, 0.15) is 0 Å². The van der Waals surface area contributed by atoms with E-state index in [4.69, 9.17) is 5.73 Å². The fraction of sp³-hybridized carbons (Fsp3) is 0.500. The third-order valence-electron chi connectivity index (χ3n) is 3.14. The average Bonchev–Trinajstić information content (AvgIpc) is 2.30. The Morgan fingerprint density at radius 2 is 2.07 bits per heavy atom. The number of nitrogens with one attached hydrogen (secondary N) is 1. The second-order valence-electron chi connectivity index (χ2n) is 4.01. The molecule has 0 aliphatic carbocycles. The number of rotatable bonds is 2. The van der Waals surface area contributed by atoms with Crippen LogP contribution in [0.2, 0.25) is 0 Å². The Hall–Kier alpha value is -0.860. The zero-order chi connectivity index (χ0) is 9.80. The monoisotopic (exact) mass is 190 g/mol. The Kier molecular flexibility index (Phi) is 3.17. The van der Waals surface area contributed by atoms with E-state index in [9.17, 15) is 0 Å². The first-order valence-electron chi connectivity index (χ1n) is 5.37. The summed E-state index contributed by atoms with van der Waals surface area (Å²) in [6.07, 6.45) is 1.21. The van der Waals surface area contributed by atoms with Gasteiger partial charge in [-0.05, 0) is 43.5 Å². The van der Waals surface area contributed by atoms with E-state index in [2.05, 4.69) is 35.6 Å². The molecular formula is C12H18N2. The van der Waals surface area contributed by atoms with E-state index >= 15 is 0 Å². The van der Waals surface area contributed by atoms with Crippen LogP contribution in [-0.4, -0.2) is 19.6 Å². The summed E-state index contributed by atoms with van der Waals surface area (Å²) in [6.45, 7) is 2.97. The molecule has 0 saturated carbocycles. The van der Waals surface area contributed by atoms with Crippen LogP contribution in [0.3, 0.4) is 0 Å². The molecule has 2 rings (SSSR count). The molecule has 1 aliphatic heterocycles. The second kappa shape index (κ2) is 4.58. The zero-order valence-electron chi connectivity index (χ0n) is 8.45. The van der Waals surface area contributed by atoms with Gasteiger partial charge in [-0.25, -0.2) is 0 Å². The molecule has 1 heterocycles. The Morgan fingerprint density at radius 3 is 2.79 bits per heavy atom. The van der Waals surface area contributed by atoms with Gasteiger partial charge in [-0.1, -0.05) is 30.3 Å². The summed E-state index contributed by atoms with van der Waals surface area (Å²) < 4.78 is 0. The lowest BCUT2D eigenvalue weighted by atomic mass is 9.81. The predicted molar refractivity (Wildman–Crippen MR) is 59.2 cm³/mol. The van der Waals surface area contributed by atoms with E-state index in [0.29, 0.717) is 11.8 Å². The second-order valence-corrected chi connectivity index (χ2v) is 4.01. The van der Waals surface area contributed by atoms with Crippen molar-refractivity contribution in [1.29, 1.82) is 0 Å². The lowest BCUT2D eigenvalue weighted by Crippen LogP contribution is -2.39. The Morgan fingerprint density at radius 1 is 1.29 bits per heavy atom. The average molecular weight is 190 g/mol. The van der Waals surface area contributed by atoms with Crippen molar-refractivity contribution < 1.29 is 0 Å². The van der Waals surface area contributed by atoms with Crippen LogP contribution in [0.25, 0.3) is 0 Å². The van der Waals surface area contributed by atoms with Crippen molar-refractivity contribution in [3.8, 4) is 0 Å². The van der Waals surface area contributed by atoms with Crippen molar-refractivity contribution in [3.63, 3.8) is 0 Å². The molecule has 1 aromatic carbocycles. The molecule has 0 bridgehead atoms. The quantitative estimate of drug-likeness (QED) is 0.738. The normalized spacial score (nSPS) is 27.5. The minimum atomic E-state index is 0.603. The fourth-order valence-corrected chi connectivity index (χ4v) is 2.31. The van der Waals surface area contributed by atoms with Crippen LogP contribution in [0, 0.1) is 5.92 Å². The standard InChI is InChI=1S/C12H18N2/c13-8-11-9-14-7-6-12(11)10-4-2-1-3-5-10/h1-5,11-12,14H,6-9,13H2. The summed E-state index contributed by atoms with van der Waals surface area (Å²) in [6, 6.07) is 10.7. The third kappa shape index (κ3) is 1.97. The van der Waals surface area contributed by atoms with Gasteiger partial charge in [0.25, 0.3) is 0 Å². The van der Waals surface area contributed by atoms with Crippen molar-refractivity contribution in [3.05, 3.63) is 35.9 Å². The molecular weight excluding hydrogens is 172 g/mol. The first-order valence-corrected chi connectivity index (χ1v) is 5.37. The van der Waals surface area contributed by atoms with Crippen LogP contribution in [0.4, 0.5) is 0 Å². The van der Waals surface area contributed by atoms with Gasteiger partial charge in [0.15, 0.2) is 0 Å². The van der Waals surface area contributed by atoms with E-state index in [0.717, 1.165) is 19.6 Å². The summed E-state index contributed by atoms with van der Waals surface area (Å²) in [5, 5.41) is 3.41. The lowest BCUT2D eigenvalue weighted by Gasteiger charge is -2.31. The van der Waals surface area contributed by atoms with Gasteiger partial charge < -0.3 is 11.1 Å². The van der Waals surface area contributed by atoms with E-state index < -0.39 is 0 Å². The fourth-order valence-electron chi connectivity index (χ4n) is 2.31. The molecule has 0 spiro atoms. The zero-order valence-corrected chi connectivity index (χ0v) is 8.45. The third-order valence-corrected chi connectivity index (χ3v) is 3.14. The van der Waals surface area contributed by atoms with Gasteiger partial charge in [0.2, 0.25) is 0 Å². The van der Waals surface area contributed by atoms with Crippen LogP contribution in [0.5, 0.6) is 0 Å². The largest absolute Gasteiger partial charge is 0.330 e. The number of nitrogens with two attached hydrogens (primary N) is 1. The van der Waals surface area contributed by atoms with Crippen LogP contribution in [-0.2, 0) is 0 Å². The van der Waals surface area contributed by atoms with Gasteiger partial charge >= 0.3 is 0 Å². The van der Waals surface area contributed by atoms with Crippen LogP contribution < -0.4 is 11.1 Å². The number of hydrogen-bond donors (Lipinski definition) is 2. The minimum absolute atomic E-state index is 0.603. The predicted octanol–water partition coefficient (Wildman–Crippen LogP) is 1.34. The van der Waals surface area contributed by atoms with Gasteiger partial charge in [0.05, 0.1) is 0 Å². The molecule has 1 saturated heterocycles. The van der Waals surface area contributed by atoms with Crippen LogP contribution in [0.15, 0.2) is 30.3 Å². The van der Waals surface area contributed by atoms with Crippen molar-refractivity contribution in [2.75, 3.05) is 19.6 Å². The van der Waals surface area contributed by atoms with E-state index in [1.165, 1.54) is 12.0 Å². The smallest absolute Gasteiger partial charge is 0.000257 e. The van der Waals surface area contributed by atoms with Gasteiger partial charge in [-0.3, -0.25) is 0 Å². The molecule has 1 fully saturated rings. The number of piperidine rings is 1. The SMILES string of the molecule is NCC1CNCCC1c1ccccc1. The molecule has 14 heavy (non-hydrogen) atoms. The van der Waals surface area contributed by atoms with Crippen LogP contribution >= 0.6 is 0 Å². The first-order chi connectivity index (χ1) is 6.92. The Balaban J connectivity index is 2.15. The molecule has 0 radical (unpaired) electrons. The highest BCUT2D eigenvalue weighted by Gasteiger charge is 2.24. The summed E-state index contributed by atoms with van der Waals surface area (Å²) in [5.74, 6) is 1.26. The van der Waals surface area contributed by atoms with E-state index in [1.807, 2.05) is 0 Å². The molecule has 76 valence electrons. The molecule has 2 atom stereocenters. The van der Waals surface area contributed by atoms with Gasteiger partial charge in [-0.2, -0.15) is 0 Å². The Labute approximate surface area is 85.5 Å². The van der Waals surface area contributed by atoms with Crippen molar-refractivity contribution in [2.45, 2.75) is 12.3 Å². The molecule has 0 aromatic heterocycles. The molecule has 2 heteroatoms. The number of benzene rings is 1. The highest BCUT2D eigenvalue weighted by molar-refractivity contribution is 5.21. The summed E-state index contributed by atoms with van der Waals surface area (Å²) in [5.41, 5.74) is 7.24. The summed E-state index contributed by atoms with van der Waals surface area (Å²) in [7, 11) is 0. The highest BCUT2D eigenvalue weighted by atomic mass is 14.9. The van der Waals surface area contributed by atoms with E-state index in [1.54, 1.807) is 0 Å². The number of hydrogen-bond acceptors (Lipinski definition) is 2. The minimum Gasteiger partial charge on any atom is -0.330 e. The maximum Gasteiger partial charge on any atom is -0.000257 e. The summed E-state index contributed by atoms with van der Waals surface area (Å²) >= 11 is 0. The lowest BCUT2D eigenvalue weighted by molar-refractivity contribution is 0.333. The maximum atomic E-state index is 5.79. The topological polar surface area (TPSA) is 38.0 Å². The first kappa shape index (κ1) is 9.69. The van der Waals surface area contributed by atoms with Gasteiger partial charge in [-0.15, -0.1) is 0 Å². The van der Waals surface area contributed by atoms with Crippen molar-refractivity contribution >= 4 is 0 Å². The molecule has 2 unspecified atom stereocenters. The molecule has 1 aromatic rings. The maximum absolute atomic E-state index is 5.79. The highest BCUT2D eigenvalue weighted by Crippen LogP contribution is 2.29. The molecule has 1 aliphatic rings. The van der Waals surface area contributed by atoms with E-state index in [-0.39, 0.29) is 0 Å².